The number of benzene rings is 1. The van der Waals surface area contributed by atoms with Crippen molar-refractivity contribution in [2.75, 3.05) is 17.2 Å². The lowest BCUT2D eigenvalue weighted by Gasteiger charge is -2.12. The number of anilines is 3. The fraction of sp³-hybridized carbons (Fsp3) is 0.267. The SMILES string of the molecule is CCCNc1nc(Nc2cc(F)ccc2C)c(F)cc1F. The summed E-state index contributed by atoms with van der Waals surface area (Å²) < 4.78 is 40.6. The van der Waals surface area contributed by atoms with Crippen molar-refractivity contribution >= 4 is 17.3 Å². The molecule has 0 fully saturated rings. The Kier molecular flexibility index (Phi) is 4.67. The second-order valence-electron chi connectivity index (χ2n) is 4.66. The summed E-state index contributed by atoms with van der Waals surface area (Å²) in [5.74, 6) is -2.23. The van der Waals surface area contributed by atoms with Gasteiger partial charge in [0.05, 0.1) is 0 Å². The van der Waals surface area contributed by atoms with E-state index in [1.165, 1.54) is 12.1 Å². The highest BCUT2D eigenvalue weighted by Crippen LogP contribution is 2.25. The molecule has 112 valence electrons. The second kappa shape index (κ2) is 6.47. The first-order valence-electron chi connectivity index (χ1n) is 6.64. The first-order chi connectivity index (χ1) is 10.0. The standard InChI is InChI=1S/C15H16F3N3/c1-3-6-19-14-11(17)8-12(18)15(21-14)20-13-7-10(16)5-4-9(13)2/h4-5,7-8H,3,6H2,1-2H3,(H2,19,20,21). The van der Waals surface area contributed by atoms with Crippen LogP contribution in [0.5, 0.6) is 0 Å². The molecule has 0 atom stereocenters. The lowest BCUT2D eigenvalue weighted by atomic mass is 10.2. The van der Waals surface area contributed by atoms with Gasteiger partial charge < -0.3 is 10.6 Å². The van der Waals surface area contributed by atoms with Crippen LogP contribution in [0.4, 0.5) is 30.5 Å². The number of halogens is 3. The number of nitrogens with zero attached hydrogens (tertiary/aromatic N) is 1. The summed E-state index contributed by atoms with van der Waals surface area (Å²) in [4.78, 5) is 3.88. The molecule has 2 rings (SSSR count). The highest BCUT2D eigenvalue weighted by atomic mass is 19.1. The van der Waals surface area contributed by atoms with Gasteiger partial charge in [0.1, 0.15) is 5.82 Å². The lowest BCUT2D eigenvalue weighted by molar-refractivity contribution is 0.579. The van der Waals surface area contributed by atoms with E-state index < -0.39 is 17.5 Å². The highest BCUT2D eigenvalue weighted by Gasteiger charge is 2.13. The van der Waals surface area contributed by atoms with Crippen molar-refractivity contribution in [3.63, 3.8) is 0 Å². The fourth-order valence-corrected chi connectivity index (χ4v) is 1.78. The minimum absolute atomic E-state index is 0.0326. The van der Waals surface area contributed by atoms with Crippen molar-refractivity contribution in [3.05, 3.63) is 47.3 Å². The molecule has 0 radical (unpaired) electrons. The second-order valence-corrected chi connectivity index (χ2v) is 4.66. The monoisotopic (exact) mass is 295 g/mol. The highest BCUT2D eigenvalue weighted by molar-refractivity contribution is 5.62. The van der Waals surface area contributed by atoms with Crippen LogP contribution in [0.2, 0.25) is 0 Å². The number of aromatic nitrogens is 1. The molecule has 0 spiro atoms. The van der Waals surface area contributed by atoms with Crippen LogP contribution in [0.15, 0.2) is 24.3 Å². The molecule has 0 aliphatic heterocycles. The van der Waals surface area contributed by atoms with Gasteiger partial charge in [-0.05, 0) is 31.0 Å². The van der Waals surface area contributed by atoms with Gasteiger partial charge >= 0.3 is 0 Å². The summed E-state index contributed by atoms with van der Waals surface area (Å²) in [7, 11) is 0. The molecular weight excluding hydrogens is 279 g/mol. The molecule has 0 saturated heterocycles. The minimum atomic E-state index is -0.835. The lowest BCUT2D eigenvalue weighted by Crippen LogP contribution is -2.08. The van der Waals surface area contributed by atoms with Crippen LogP contribution in [-0.4, -0.2) is 11.5 Å². The van der Waals surface area contributed by atoms with Crippen molar-refractivity contribution in [1.29, 1.82) is 0 Å². The molecular formula is C15H16F3N3. The van der Waals surface area contributed by atoms with Gasteiger partial charge in [0.25, 0.3) is 0 Å². The molecule has 2 aromatic rings. The van der Waals surface area contributed by atoms with E-state index in [1.807, 2.05) is 6.92 Å². The zero-order chi connectivity index (χ0) is 15.4. The Hall–Kier alpha value is -2.24. The maximum absolute atomic E-state index is 13.8. The summed E-state index contributed by atoms with van der Waals surface area (Å²) in [6, 6.07) is 4.86. The van der Waals surface area contributed by atoms with E-state index in [-0.39, 0.29) is 11.6 Å². The molecule has 6 heteroatoms. The van der Waals surface area contributed by atoms with Crippen molar-refractivity contribution in [2.24, 2.45) is 0 Å². The molecule has 0 saturated carbocycles. The normalized spacial score (nSPS) is 10.5. The van der Waals surface area contributed by atoms with Crippen molar-refractivity contribution in [1.82, 2.24) is 4.98 Å². The van der Waals surface area contributed by atoms with Crippen LogP contribution in [0.1, 0.15) is 18.9 Å². The first kappa shape index (κ1) is 15.2. The zero-order valence-electron chi connectivity index (χ0n) is 11.8. The van der Waals surface area contributed by atoms with Gasteiger partial charge in [0.15, 0.2) is 23.3 Å². The largest absolute Gasteiger partial charge is 0.368 e. The Balaban J connectivity index is 2.32. The molecule has 1 heterocycles. The zero-order valence-corrected chi connectivity index (χ0v) is 11.8. The van der Waals surface area contributed by atoms with E-state index in [2.05, 4.69) is 15.6 Å². The fourth-order valence-electron chi connectivity index (χ4n) is 1.78. The van der Waals surface area contributed by atoms with Crippen LogP contribution >= 0.6 is 0 Å². The van der Waals surface area contributed by atoms with Gasteiger partial charge in [0.2, 0.25) is 0 Å². The summed E-state index contributed by atoms with van der Waals surface area (Å²) >= 11 is 0. The Labute approximate surface area is 121 Å². The smallest absolute Gasteiger partial charge is 0.169 e. The molecule has 0 unspecified atom stereocenters. The van der Waals surface area contributed by atoms with Gasteiger partial charge in [0, 0.05) is 18.3 Å². The van der Waals surface area contributed by atoms with E-state index in [4.69, 9.17) is 0 Å². The third-order valence-electron chi connectivity index (χ3n) is 2.92. The predicted octanol–water partition coefficient (Wildman–Crippen LogP) is 4.37. The Bertz CT molecular complexity index is 644. The van der Waals surface area contributed by atoms with Gasteiger partial charge in [-0.2, -0.15) is 0 Å². The van der Waals surface area contributed by atoms with Crippen LogP contribution in [0.3, 0.4) is 0 Å². The average molecular weight is 295 g/mol. The van der Waals surface area contributed by atoms with E-state index in [9.17, 15) is 13.2 Å². The van der Waals surface area contributed by atoms with Crippen LogP contribution in [0, 0.1) is 24.4 Å². The summed E-state index contributed by atoms with van der Waals surface area (Å²) in [5.41, 5.74) is 1.11. The number of hydrogen-bond donors (Lipinski definition) is 2. The van der Waals surface area contributed by atoms with E-state index in [0.29, 0.717) is 12.2 Å². The molecule has 0 aliphatic rings. The topological polar surface area (TPSA) is 37.0 Å². The summed E-state index contributed by atoms with van der Waals surface area (Å²) in [6.07, 6.45) is 0.782. The van der Waals surface area contributed by atoms with Gasteiger partial charge in [-0.1, -0.05) is 13.0 Å². The van der Waals surface area contributed by atoms with Crippen LogP contribution in [0.25, 0.3) is 0 Å². The third-order valence-corrected chi connectivity index (χ3v) is 2.92. The Morgan fingerprint density at radius 2 is 1.76 bits per heavy atom. The number of pyridine rings is 1. The molecule has 3 nitrogen and oxygen atoms in total. The summed E-state index contributed by atoms with van der Waals surface area (Å²) in [5, 5.41) is 5.47. The number of hydrogen-bond acceptors (Lipinski definition) is 3. The number of nitrogens with one attached hydrogen (secondary N) is 2. The Morgan fingerprint density at radius 3 is 2.48 bits per heavy atom. The van der Waals surface area contributed by atoms with Gasteiger partial charge in [-0.15, -0.1) is 0 Å². The maximum Gasteiger partial charge on any atom is 0.169 e. The molecule has 0 amide bonds. The molecule has 1 aromatic carbocycles. The van der Waals surface area contributed by atoms with Crippen molar-refractivity contribution in [2.45, 2.75) is 20.3 Å². The van der Waals surface area contributed by atoms with E-state index in [0.717, 1.165) is 18.1 Å². The third kappa shape index (κ3) is 3.65. The summed E-state index contributed by atoms with van der Waals surface area (Å²) in [6.45, 7) is 4.19. The van der Waals surface area contributed by atoms with Crippen LogP contribution in [-0.2, 0) is 0 Å². The van der Waals surface area contributed by atoms with Crippen molar-refractivity contribution in [3.8, 4) is 0 Å². The quantitative estimate of drug-likeness (QED) is 0.860. The minimum Gasteiger partial charge on any atom is -0.368 e. The Morgan fingerprint density at radius 1 is 1.05 bits per heavy atom. The number of aryl methyl sites for hydroxylation is 1. The first-order valence-corrected chi connectivity index (χ1v) is 6.64. The maximum atomic E-state index is 13.8. The molecule has 1 aromatic heterocycles. The average Bonchev–Trinajstić information content (AvgIpc) is 2.44. The molecule has 0 aliphatic carbocycles. The molecule has 2 N–H and O–H groups in total. The van der Waals surface area contributed by atoms with Crippen LogP contribution < -0.4 is 10.6 Å². The van der Waals surface area contributed by atoms with Gasteiger partial charge in [-0.25, -0.2) is 18.2 Å². The molecule has 21 heavy (non-hydrogen) atoms. The van der Waals surface area contributed by atoms with Gasteiger partial charge in [-0.3, -0.25) is 0 Å². The predicted molar refractivity (Wildman–Crippen MR) is 77.4 cm³/mol. The van der Waals surface area contributed by atoms with E-state index >= 15 is 0 Å². The van der Waals surface area contributed by atoms with E-state index in [1.54, 1.807) is 13.0 Å². The molecule has 0 bridgehead atoms. The van der Waals surface area contributed by atoms with Crippen molar-refractivity contribution < 1.29 is 13.2 Å². The number of rotatable bonds is 5.